The van der Waals surface area contributed by atoms with Gasteiger partial charge in [0.1, 0.15) is 11.6 Å². The van der Waals surface area contributed by atoms with Crippen LogP contribution in [-0.2, 0) is 0 Å². The summed E-state index contributed by atoms with van der Waals surface area (Å²) in [5.41, 5.74) is -0.0748. The molecule has 0 saturated heterocycles. The number of benzene rings is 1. The van der Waals surface area contributed by atoms with Crippen molar-refractivity contribution in [2.24, 2.45) is 0 Å². The summed E-state index contributed by atoms with van der Waals surface area (Å²) in [6, 6.07) is 3.12. The molecule has 1 aromatic rings. The van der Waals surface area contributed by atoms with E-state index in [0.717, 1.165) is 37.8 Å². The molecule has 1 aliphatic carbocycles. The van der Waals surface area contributed by atoms with Gasteiger partial charge in [-0.15, -0.1) is 0 Å². The predicted molar refractivity (Wildman–Crippen MR) is 73.4 cm³/mol. The maximum atomic E-state index is 13.6. The van der Waals surface area contributed by atoms with Gasteiger partial charge in [-0.1, -0.05) is 28.8 Å². The molecule has 2 unspecified atom stereocenters. The van der Waals surface area contributed by atoms with E-state index >= 15 is 0 Å². The molecule has 2 nitrogen and oxygen atoms in total. The van der Waals surface area contributed by atoms with E-state index in [2.05, 4.69) is 15.9 Å². The van der Waals surface area contributed by atoms with Gasteiger partial charge in [0.05, 0.1) is 5.56 Å². The van der Waals surface area contributed by atoms with Crippen LogP contribution in [0.1, 0.15) is 36.0 Å². The molecule has 1 saturated carbocycles. The lowest BCUT2D eigenvalue weighted by Gasteiger charge is -2.35. The monoisotopic (exact) mass is 331 g/mol. The van der Waals surface area contributed by atoms with Gasteiger partial charge in [0.2, 0.25) is 0 Å². The third-order valence-electron chi connectivity index (χ3n) is 3.63. The Hall–Kier alpha value is -0.970. The molecule has 0 spiro atoms. The van der Waals surface area contributed by atoms with E-state index in [1.54, 1.807) is 11.9 Å². The fourth-order valence-corrected chi connectivity index (χ4v) is 3.45. The van der Waals surface area contributed by atoms with E-state index in [4.69, 9.17) is 0 Å². The normalized spacial score (nSPS) is 23.2. The summed E-state index contributed by atoms with van der Waals surface area (Å²) in [4.78, 5) is 14.1. The van der Waals surface area contributed by atoms with E-state index in [9.17, 15) is 13.6 Å². The van der Waals surface area contributed by atoms with Gasteiger partial charge in [-0.2, -0.15) is 0 Å². The van der Waals surface area contributed by atoms with Crippen LogP contribution in [0.3, 0.4) is 0 Å². The molecule has 0 bridgehead atoms. The Morgan fingerprint density at radius 2 is 2.00 bits per heavy atom. The maximum absolute atomic E-state index is 13.6. The lowest BCUT2D eigenvalue weighted by atomic mass is 9.94. The largest absolute Gasteiger partial charge is 0.338 e. The van der Waals surface area contributed by atoms with Crippen molar-refractivity contribution in [2.45, 2.75) is 36.6 Å². The lowest BCUT2D eigenvalue weighted by Crippen LogP contribution is -2.44. The third-order valence-corrected chi connectivity index (χ3v) is 4.69. The van der Waals surface area contributed by atoms with Gasteiger partial charge in [-0.25, -0.2) is 8.78 Å². The van der Waals surface area contributed by atoms with Gasteiger partial charge in [-0.05, 0) is 25.0 Å². The van der Waals surface area contributed by atoms with Crippen molar-refractivity contribution in [3.63, 3.8) is 0 Å². The molecule has 104 valence electrons. The highest BCUT2D eigenvalue weighted by Gasteiger charge is 2.30. The quantitative estimate of drug-likeness (QED) is 0.756. The number of carbonyl (C=O) groups is 1. The molecular formula is C14H16BrF2NO. The van der Waals surface area contributed by atoms with Gasteiger partial charge < -0.3 is 4.90 Å². The first-order chi connectivity index (χ1) is 9.00. The summed E-state index contributed by atoms with van der Waals surface area (Å²) < 4.78 is 26.5. The zero-order valence-electron chi connectivity index (χ0n) is 10.7. The van der Waals surface area contributed by atoms with Crippen LogP contribution in [0.5, 0.6) is 0 Å². The fourth-order valence-electron chi connectivity index (χ4n) is 2.51. The Labute approximate surface area is 119 Å². The second kappa shape index (κ2) is 5.99. The summed E-state index contributed by atoms with van der Waals surface area (Å²) in [5.74, 6) is -1.87. The smallest absolute Gasteiger partial charge is 0.256 e. The highest BCUT2D eigenvalue weighted by molar-refractivity contribution is 9.09. The highest BCUT2D eigenvalue weighted by Crippen LogP contribution is 2.29. The topological polar surface area (TPSA) is 20.3 Å². The Balaban J connectivity index is 2.18. The number of alkyl halides is 1. The van der Waals surface area contributed by atoms with Crippen LogP contribution in [0.15, 0.2) is 18.2 Å². The van der Waals surface area contributed by atoms with E-state index in [1.165, 1.54) is 6.07 Å². The Kier molecular flexibility index (Phi) is 4.55. The van der Waals surface area contributed by atoms with Crippen LogP contribution < -0.4 is 0 Å². The van der Waals surface area contributed by atoms with Gasteiger partial charge in [0.15, 0.2) is 0 Å². The van der Waals surface area contributed by atoms with Gasteiger partial charge >= 0.3 is 0 Å². The van der Waals surface area contributed by atoms with Crippen LogP contribution in [-0.4, -0.2) is 28.7 Å². The second-order valence-corrected chi connectivity index (χ2v) is 6.08. The summed E-state index contributed by atoms with van der Waals surface area (Å²) in [7, 11) is 1.68. The molecule has 0 aromatic heterocycles. The molecule has 1 fully saturated rings. The van der Waals surface area contributed by atoms with Crippen LogP contribution in [0.4, 0.5) is 8.78 Å². The van der Waals surface area contributed by atoms with Gasteiger partial charge in [0.25, 0.3) is 5.91 Å². The third kappa shape index (κ3) is 3.14. The molecule has 1 aromatic carbocycles. The van der Waals surface area contributed by atoms with Crippen molar-refractivity contribution >= 4 is 21.8 Å². The standard InChI is InChI=1S/C14H16BrF2NO/c1-18(13-5-3-2-4-11(13)15)14(19)10-7-6-9(16)8-12(10)17/h6-8,11,13H,2-5H2,1H3. The van der Waals surface area contributed by atoms with Gasteiger partial charge in [0, 0.05) is 24.0 Å². The zero-order chi connectivity index (χ0) is 14.0. The molecule has 5 heteroatoms. The fraction of sp³-hybridized carbons (Fsp3) is 0.500. The highest BCUT2D eigenvalue weighted by atomic mass is 79.9. The molecule has 19 heavy (non-hydrogen) atoms. The lowest BCUT2D eigenvalue weighted by molar-refractivity contribution is 0.0700. The van der Waals surface area contributed by atoms with Crippen molar-refractivity contribution in [1.29, 1.82) is 0 Å². The van der Waals surface area contributed by atoms with Crippen LogP contribution in [0.2, 0.25) is 0 Å². The van der Waals surface area contributed by atoms with E-state index in [-0.39, 0.29) is 16.4 Å². The number of nitrogens with zero attached hydrogens (tertiary/aromatic N) is 1. The second-order valence-electron chi connectivity index (χ2n) is 4.91. The molecule has 1 amide bonds. The number of hydrogen-bond donors (Lipinski definition) is 0. The molecule has 0 heterocycles. The number of rotatable bonds is 2. The minimum atomic E-state index is -0.807. The Bertz CT molecular complexity index is 481. The molecule has 2 rings (SSSR count). The summed E-state index contributed by atoms with van der Waals surface area (Å²) in [6.45, 7) is 0. The van der Waals surface area contributed by atoms with Gasteiger partial charge in [-0.3, -0.25) is 4.79 Å². The van der Waals surface area contributed by atoms with E-state index < -0.39 is 17.5 Å². The summed E-state index contributed by atoms with van der Waals surface area (Å²) in [5, 5.41) is 0. The number of amides is 1. The minimum absolute atomic E-state index is 0.0608. The SMILES string of the molecule is CN(C(=O)c1ccc(F)cc1F)C1CCCCC1Br. The minimum Gasteiger partial charge on any atom is -0.338 e. The average molecular weight is 332 g/mol. The average Bonchev–Trinajstić information content (AvgIpc) is 2.38. The van der Waals surface area contributed by atoms with Crippen LogP contribution >= 0.6 is 15.9 Å². The van der Waals surface area contributed by atoms with Crippen molar-refractivity contribution in [1.82, 2.24) is 4.90 Å². The molecule has 1 aliphatic rings. The molecule has 2 atom stereocenters. The Morgan fingerprint density at radius 1 is 1.32 bits per heavy atom. The maximum Gasteiger partial charge on any atom is 0.256 e. The zero-order valence-corrected chi connectivity index (χ0v) is 12.3. The molecule has 0 aliphatic heterocycles. The van der Waals surface area contributed by atoms with Crippen molar-refractivity contribution in [3.8, 4) is 0 Å². The first kappa shape index (κ1) is 14.4. The first-order valence-corrected chi connectivity index (χ1v) is 7.28. The molecule has 0 N–H and O–H groups in total. The Morgan fingerprint density at radius 3 is 2.63 bits per heavy atom. The van der Waals surface area contributed by atoms with Crippen LogP contribution in [0.25, 0.3) is 0 Å². The van der Waals surface area contributed by atoms with Crippen molar-refractivity contribution in [3.05, 3.63) is 35.4 Å². The van der Waals surface area contributed by atoms with Crippen molar-refractivity contribution in [2.75, 3.05) is 7.05 Å². The first-order valence-electron chi connectivity index (χ1n) is 6.37. The summed E-state index contributed by atoms with van der Waals surface area (Å²) in [6.07, 6.45) is 4.12. The molecule has 0 radical (unpaired) electrons. The number of carbonyl (C=O) groups excluding carboxylic acids is 1. The summed E-state index contributed by atoms with van der Waals surface area (Å²) >= 11 is 3.58. The van der Waals surface area contributed by atoms with Crippen molar-refractivity contribution < 1.29 is 13.6 Å². The van der Waals surface area contributed by atoms with E-state index in [0.29, 0.717) is 0 Å². The van der Waals surface area contributed by atoms with E-state index in [1.807, 2.05) is 0 Å². The number of halogens is 3. The number of hydrogen-bond acceptors (Lipinski definition) is 1. The predicted octanol–water partition coefficient (Wildman–Crippen LogP) is 3.74. The molecular weight excluding hydrogens is 316 g/mol. The van der Waals surface area contributed by atoms with Crippen LogP contribution in [0, 0.1) is 11.6 Å².